The summed E-state index contributed by atoms with van der Waals surface area (Å²) in [4.78, 5) is 29.5. The van der Waals surface area contributed by atoms with Crippen LogP contribution in [0.2, 0.25) is 0 Å². The van der Waals surface area contributed by atoms with Crippen molar-refractivity contribution in [1.29, 1.82) is 0 Å². The van der Waals surface area contributed by atoms with Crippen LogP contribution in [-0.2, 0) is 6.54 Å². The molecule has 4 rings (SSSR count). The number of carbonyl (C=O) groups excluding carboxylic acids is 2. The number of urea groups is 1. The summed E-state index contributed by atoms with van der Waals surface area (Å²) in [5.41, 5.74) is 1.39. The first kappa shape index (κ1) is 21.5. The van der Waals surface area contributed by atoms with Crippen LogP contribution in [0.1, 0.15) is 24.2 Å². The first-order valence-electron chi connectivity index (χ1n) is 9.99. The van der Waals surface area contributed by atoms with Crippen molar-refractivity contribution < 1.29 is 14.7 Å². The minimum Gasteiger partial charge on any atom is -0.389 e. The molecule has 0 aliphatic heterocycles. The number of fused-ring (bicyclic) bond motifs is 1. The van der Waals surface area contributed by atoms with Crippen molar-refractivity contribution >= 4 is 50.9 Å². The Labute approximate surface area is 188 Å². The van der Waals surface area contributed by atoms with Crippen molar-refractivity contribution in [2.24, 2.45) is 0 Å². The number of hydrogen-bond donors (Lipinski definition) is 4. The van der Waals surface area contributed by atoms with Crippen LogP contribution in [0.15, 0.2) is 66.0 Å². The Hall–Kier alpha value is -3.69. The molecule has 2 aromatic carbocycles. The molecule has 3 amide bonds. The van der Waals surface area contributed by atoms with Gasteiger partial charge in [0.2, 0.25) is 5.95 Å². The topological polar surface area (TPSA) is 108 Å². The SMILES string of the molecule is CC(C)(O)Cn1c(NC(=O)Nc2cccs2)nc2cc(NC(=O)c3ccccc3)ccc21. The van der Waals surface area contributed by atoms with E-state index in [4.69, 9.17) is 0 Å². The van der Waals surface area contributed by atoms with Crippen molar-refractivity contribution in [3.8, 4) is 0 Å². The fraction of sp³-hybridized carbons (Fsp3) is 0.174. The number of aliphatic hydroxyl groups is 1. The van der Waals surface area contributed by atoms with Gasteiger partial charge in [0.1, 0.15) is 0 Å². The molecule has 0 aliphatic carbocycles. The molecular formula is C23H23N5O3S. The van der Waals surface area contributed by atoms with Gasteiger partial charge in [-0.15, -0.1) is 11.3 Å². The van der Waals surface area contributed by atoms with Crippen LogP contribution in [-0.4, -0.2) is 32.2 Å². The largest absolute Gasteiger partial charge is 0.389 e. The lowest BCUT2D eigenvalue weighted by Gasteiger charge is -2.20. The third-order valence-corrected chi connectivity index (χ3v) is 5.36. The van der Waals surface area contributed by atoms with Crippen LogP contribution in [0.3, 0.4) is 0 Å². The summed E-state index contributed by atoms with van der Waals surface area (Å²) in [6, 6.07) is 17.4. The number of benzene rings is 2. The number of carbonyl (C=O) groups is 2. The molecule has 164 valence electrons. The smallest absolute Gasteiger partial charge is 0.326 e. The Morgan fingerprint density at radius 2 is 1.81 bits per heavy atom. The number of amides is 3. The molecule has 0 aliphatic rings. The first-order valence-corrected chi connectivity index (χ1v) is 10.9. The van der Waals surface area contributed by atoms with E-state index >= 15 is 0 Å². The number of imidazole rings is 1. The summed E-state index contributed by atoms with van der Waals surface area (Å²) in [6.45, 7) is 3.58. The van der Waals surface area contributed by atoms with E-state index in [9.17, 15) is 14.7 Å². The molecule has 0 fully saturated rings. The van der Waals surface area contributed by atoms with Gasteiger partial charge in [-0.25, -0.2) is 9.78 Å². The Kier molecular flexibility index (Phi) is 5.93. The van der Waals surface area contributed by atoms with Crippen LogP contribution >= 0.6 is 11.3 Å². The van der Waals surface area contributed by atoms with Gasteiger partial charge in [0.05, 0.1) is 28.2 Å². The molecule has 0 saturated carbocycles. The monoisotopic (exact) mass is 449 g/mol. The van der Waals surface area contributed by atoms with Gasteiger partial charge >= 0.3 is 6.03 Å². The second kappa shape index (κ2) is 8.81. The van der Waals surface area contributed by atoms with E-state index in [1.54, 1.807) is 66.9 Å². The van der Waals surface area contributed by atoms with Gasteiger partial charge in [0.25, 0.3) is 5.91 Å². The second-order valence-electron chi connectivity index (χ2n) is 7.91. The molecule has 0 radical (unpaired) electrons. The predicted molar refractivity (Wildman–Crippen MR) is 127 cm³/mol. The van der Waals surface area contributed by atoms with Crippen molar-refractivity contribution in [3.63, 3.8) is 0 Å². The van der Waals surface area contributed by atoms with Crippen LogP contribution in [0.5, 0.6) is 0 Å². The van der Waals surface area contributed by atoms with E-state index in [1.807, 2.05) is 17.5 Å². The highest BCUT2D eigenvalue weighted by Gasteiger charge is 2.21. The molecule has 4 N–H and O–H groups in total. The number of rotatable bonds is 6. The van der Waals surface area contributed by atoms with Crippen LogP contribution in [0.4, 0.5) is 21.4 Å². The van der Waals surface area contributed by atoms with E-state index in [-0.39, 0.29) is 12.5 Å². The lowest BCUT2D eigenvalue weighted by Crippen LogP contribution is -2.28. The molecule has 0 unspecified atom stereocenters. The van der Waals surface area contributed by atoms with E-state index in [0.29, 0.717) is 27.7 Å². The quantitative estimate of drug-likeness (QED) is 0.340. The number of anilines is 3. The zero-order chi connectivity index (χ0) is 22.7. The van der Waals surface area contributed by atoms with Crippen LogP contribution in [0, 0.1) is 0 Å². The third kappa shape index (κ3) is 5.13. The van der Waals surface area contributed by atoms with Crippen molar-refractivity contribution in [1.82, 2.24) is 9.55 Å². The van der Waals surface area contributed by atoms with Crippen molar-refractivity contribution in [2.45, 2.75) is 26.0 Å². The molecule has 2 aromatic heterocycles. The number of nitrogens with zero attached hydrogens (tertiary/aromatic N) is 2. The Morgan fingerprint density at radius 1 is 1.03 bits per heavy atom. The second-order valence-corrected chi connectivity index (χ2v) is 8.86. The summed E-state index contributed by atoms with van der Waals surface area (Å²) in [5, 5.41) is 21.3. The lowest BCUT2D eigenvalue weighted by molar-refractivity contribution is 0.0632. The zero-order valence-electron chi connectivity index (χ0n) is 17.6. The summed E-state index contributed by atoms with van der Waals surface area (Å²) in [6.07, 6.45) is 0. The molecule has 0 saturated heterocycles. The zero-order valence-corrected chi connectivity index (χ0v) is 18.4. The van der Waals surface area contributed by atoms with Gasteiger partial charge in [-0.05, 0) is 61.7 Å². The minimum absolute atomic E-state index is 0.216. The third-order valence-electron chi connectivity index (χ3n) is 4.57. The number of hydrogen-bond acceptors (Lipinski definition) is 5. The number of aromatic nitrogens is 2. The van der Waals surface area contributed by atoms with E-state index in [0.717, 1.165) is 5.52 Å². The molecule has 9 heteroatoms. The fourth-order valence-corrected chi connectivity index (χ4v) is 3.85. The molecule has 0 spiro atoms. The fourth-order valence-electron chi connectivity index (χ4n) is 3.24. The lowest BCUT2D eigenvalue weighted by atomic mass is 10.1. The van der Waals surface area contributed by atoms with Crippen molar-refractivity contribution in [2.75, 3.05) is 16.0 Å². The summed E-state index contributed by atoms with van der Waals surface area (Å²) < 4.78 is 1.74. The average molecular weight is 450 g/mol. The Bertz CT molecular complexity index is 1240. The summed E-state index contributed by atoms with van der Waals surface area (Å²) in [7, 11) is 0. The molecule has 32 heavy (non-hydrogen) atoms. The molecule has 2 heterocycles. The molecule has 0 bridgehead atoms. The van der Waals surface area contributed by atoms with Gasteiger partial charge in [0, 0.05) is 11.3 Å². The highest BCUT2D eigenvalue weighted by molar-refractivity contribution is 7.14. The van der Waals surface area contributed by atoms with E-state index < -0.39 is 11.6 Å². The molecular weight excluding hydrogens is 426 g/mol. The van der Waals surface area contributed by atoms with Crippen molar-refractivity contribution in [3.05, 3.63) is 71.6 Å². The van der Waals surface area contributed by atoms with Gasteiger partial charge in [-0.1, -0.05) is 18.2 Å². The maximum atomic E-state index is 12.5. The number of nitrogens with one attached hydrogen (secondary N) is 3. The maximum Gasteiger partial charge on any atom is 0.326 e. The minimum atomic E-state index is -1.03. The van der Waals surface area contributed by atoms with Gasteiger partial charge in [-0.3, -0.25) is 15.4 Å². The molecule has 0 atom stereocenters. The molecule has 4 aromatic rings. The van der Waals surface area contributed by atoms with Gasteiger partial charge in [0.15, 0.2) is 0 Å². The Morgan fingerprint density at radius 3 is 2.50 bits per heavy atom. The van der Waals surface area contributed by atoms with E-state index in [1.165, 1.54) is 11.3 Å². The van der Waals surface area contributed by atoms with Gasteiger partial charge < -0.3 is 15.0 Å². The predicted octanol–water partition coefficient (Wildman–Crippen LogP) is 4.77. The van der Waals surface area contributed by atoms with Gasteiger partial charge in [-0.2, -0.15) is 0 Å². The van der Waals surface area contributed by atoms with Crippen LogP contribution < -0.4 is 16.0 Å². The highest BCUT2D eigenvalue weighted by Crippen LogP contribution is 2.26. The standard InChI is InChI=1S/C23H23N5O3S/c1-23(2,31)14-28-18-11-10-16(24-20(29)15-7-4-3-5-8-15)13-17(18)25-21(28)27-22(30)26-19-9-6-12-32-19/h3-13,31H,14H2,1-2H3,(H,24,29)(H2,25,26,27,30). The van der Waals surface area contributed by atoms with E-state index in [2.05, 4.69) is 20.9 Å². The van der Waals surface area contributed by atoms with Crippen LogP contribution in [0.25, 0.3) is 11.0 Å². The maximum absolute atomic E-state index is 12.5. The molecule has 8 nitrogen and oxygen atoms in total. The highest BCUT2D eigenvalue weighted by atomic mass is 32.1. The Balaban J connectivity index is 1.62. The summed E-state index contributed by atoms with van der Waals surface area (Å²) >= 11 is 1.41. The number of thiophene rings is 1. The summed E-state index contributed by atoms with van der Waals surface area (Å²) in [5.74, 6) is 0.0669. The normalized spacial score (nSPS) is 11.3. The average Bonchev–Trinajstić information content (AvgIpc) is 3.35. The first-order chi connectivity index (χ1) is 15.3.